The molecule has 0 aliphatic rings. The molecule has 3 rings (SSSR count). The van der Waals surface area contributed by atoms with Crippen molar-refractivity contribution in [2.45, 2.75) is 6.92 Å². The van der Waals surface area contributed by atoms with Crippen molar-refractivity contribution in [1.29, 1.82) is 0 Å². The van der Waals surface area contributed by atoms with Crippen LogP contribution in [0.4, 0.5) is 5.95 Å². The van der Waals surface area contributed by atoms with Crippen LogP contribution in [0.5, 0.6) is 5.88 Å². The molecule has 3 heterocycles. The number of anilines is 1. The number of rotatable bonds is 3. The molecular formula is C15H15N5O2. The number of pyridine rings is 1. The van der Waals surface area contributed by atoms with Gasteiger partial charge in [-0.05, 0) is 19.1 Å². The lowest BCUT2D eigenvalue weighted by Gasteiger charge is -2.14. The predicted molar refractivity (Wildman–Crippen MR) is 81.2 cm³/mol. The average molecular weight is 297 g/mol. The number of hydrogen-bond donors (Lipinski definition) is 0. The summed E-state index contributed by atoms with van der Waals surface area (Å²) >= 11 is 0. The van der Waals surface area contributed by atoms with Crippen LogP contribution in [0.25, 0.3) is 5.52 Å². The molecule has 1 amide bonds. The van der Waals surface area contributed by atoms with E-state index in [0.717, 1.165) is 11.3 Å². The van der Waals surface area contributed by atoms with Gasteiger partial charge in [0.05, 0.1) is 12.6 Å². The SMILES string of the molecule is COc1ccnc(N(C)C(=O)c2nc(C)n3ccccc23)n1. The molecule has 22 heavy (non-hydrogen) atoms. The smallest absolute Gasteiger partial charge is 0.281 e. The van der Waals surface area contributed by atoms with Gasteiger partial charge in [0.25, 0.3) is 5.91 Å². The van der Waals surface area contributed by atoms with E-state index in [1.54, 1.807) is 19.3 Å². The highest BCUT2D eigenvalue weighted by Gasteiger charge is 2.22. The maximum absolute atomic E-state index is 12.7. The fourth-order valence-electron chi connectivity index (χ4n) is 2.21. The van der Waals surface area contributed by atoms with E-state index in [1.807, 2.05) is 35.7 Å². The Hall–Kier alpha value is -2.96. The zero-order valence-corrected chi connectivity index (χ0v) is 12.5. The van der Waals surface area contributed by atoms with Crippen LogP contribution in [-0.2, 0) is 0 Å². The van der Waals surface area contributed by atoms with Crippen molar-refractivity contribution < 1.29 is 9.53 Å². The lowest BCUT2D eigenvalue weighted by molar-refractivity contribution is 0.0988. The third-order valence-electron chi connectivity index (χ3n) is 3.36. The summed E-state index contributed by atoms with van der Waals surface area (Å²) in [6.45, 7) is 1.85. The number of imidazole rings is 1. The number of carbonyl (C=O) groups is 1. The van der Waals surface area contributed by atoms with E-state index < -0.39 is 0 Å². The number of ether oxygens (including phenoxy) is 1. The molecule has 7 heteroatoms. The number of amides is 1. The molecule has 0 atom stereocenters. The van der Waals surface area contributed by atoms with Gasteiger partial charge in [-0.15, -0.1) is 0 Å². The van der Waals surface area contributed by atoms with Crippen molar-refractivity contribution in [1.82, 2.24) is 19.4 Å². The molecule has 0 aliphatic heterocycles. The molecule has 0 saturated carbocycles. The lowest BCUT2D eigenvalue weighted by atomic mass is 10.3. The number of hydrogen-bond acceptors (Lipinski definition) is 5. The molecular weight excluding hydrogens is 282 g/mol. The van der Waals surface area contributed by atoms with Crippen LogP contribution in [0.15, 0.2) is 36.7 Å². The van der Waals surface area contributed by atoms with E-state index in [0.29, 0.717) is 11.6 Å². The summed E-state index contributed by atoms with van der Waals surface area (Å²) in [5, 5.41) is 0. The normalized spacial score (nSPS) is 10.7. The molecule has 0 radical (unpaired) electrons. The quantitative estimate of drug-likeness (QED) is 0.736. The van der Waals surface area contributed by atoms with Gasteiger partial charge in [0.2, 0.25) is 11.8 Å². The Labute approximate surface area is 127 Å². The van der Waals surface area contributed by atoms with Gasteiger partial charge < -0.3 is 9.14 Å². The van der Waals surface area contributed by atoms with E-state index in [1.165, 1.54) is 12.0 Å². The standard InChI is InChI=1S/C15H15N5O2/c1-10-17-13(11-6-4-5-9-20(10)11)14(21)19(2)15-16-8-7-12(18-15)22-3/h4-9H,1-3H3. The number of carbonyl (C=O) groups excluding carboxylic acids is 1. The van der Waals surface area contributed by atoms with Crippen LogP contribution in [-0.4, -0.2) is 39.4 Å². The van der Waals surface area contributed by atoms with E-state index in [-0.39, 0.29) is 11.9 Å². The first-order chi connectivity index (χ1) is 10.6. The van der Waals surface area contributed by atoms with Gasteiger partial charge in [-0.1, -0.05) is 6.07 Å². The first-order valence-electron chi connectivity index (χ1n) is 6.70. The second-order valence-corrected chi connectivity index (χ2v) is 4.73. The number of aromatic nitrogens is 4. The van der Waals surface area contributed by atoms with Crippen LogP contribution in [0.1, 0.15) is 16.3 Å². The molecule has 0 spiro atoms. The van der Waals surface area contributed by atoms with E-state index in [2.05, 4.69) is 15.0 Å². The van der Waals surface area contributed by atoms with Gasteiger partial charge in [-0.2, -0.15) is 4.98 Å². The predicted octanol–water partition coefficient (Wildman–Crippen LogP) is 1.72. The summed E-state index contributed by atoms with van der Waals surface area (Å²) in [5.41, 5.74) is 1.12. The van der Waals surface area contributed by atoms with Crippen molar-refractivity contribution in [3.63, 3.8) is 0 Å². The Kier molecular flexibility index (Phi) is 3.46. The third-order valence-corrected chi connectivity index (χ3v) is 3.36. The number of fused-ring (bicyclic) bond motifs is 1. The zero-order chi connectivity index (χ0) is 15.7. The molecule has 112 valence electrons. The monoisotopic (exact) mass is 297 g/mol. The van der Waals surface area contributed by atoms with Crippen LogP contribution < -0.4 is 9.64 Å². The molecule has 0 unspecified atom stereocenters. The van der Waals surface area contributed by atoms with E-state index >= 15 is 0 Å². The summed E-state index contributed by atoms with van der Waals surface area (Å²) in [5.74, 6) is 1.14. The third kappa shape index (κ3) is 2.26. The number of methoxy groups -OCH3 is 1. The van der Waals surface area contributed by atoms with Crippen molar-refractivity contribution in [3.05, 3.63) is 48.2 Å². The van der Waals surface area contributed by atoms with Gasteiger partial charge in [0, 0.05) is 25.5 Å². The molecule has 0 N–H and O–H groups in total. The summed E-state index contributed by atoms with van der Waals surface area (Å²) in [7, 11) is 3.13. The minimum atomic E-state index is -0.273. The van der Waals surface area contributed by atoms with Crippen molar-refractivity contribution in [2.24, 2.45) is 0 Å². The molecule has 3 aromatic heterocycles. The average Bonchev–Trinajstić information content (AvgIpc) is 2.91. The van der Waals surface area contributed by atoms with Gasteiger partial charge in [-0.3, -0.25) is 9.69 Å². The topological polar surface area (TPSA) is 72.6 Å². The maximum atomic E-state index is 12.7. The Bertz CT molecular complexity index is 843. The van der Waals surface area contributed by atoms with Crippen molar-refractivity contribution >= 4 is 17.4 Å². The fourth-order valence-corrected chi connectivity index (χ4v) is 2.21. The summed E-state index contributed by atoms with van der Waals surface area (Å²) in [6, 6.07) is 7.24. The van der Waals surface area contributed by atoms with E-state index in [9.17, 15) is 4.79 Å². The van der Waals surface area contributed by atoms with Crippen LogP contribution in [0.3, 0.4) is 0 Å². The van der Waals surface area contributed by atoms with Gasteiger partial charge >= 0.3 is 0 Å². The molecule has 0 aliphatic carbocycles. The fraction of sp³-hybridized carbons (Fsp3) is 0.200. The number of aryl methyl sites for hydroxylation is 1. The minimum absolute atomic E-state index is 0.263. The Morgan fingerprint density at radius 2 is 2.09 bits per heavy atom. The van der Waals surface area contributed by atoms with Gasteiger partial charge in [0.1, 0.15) is 5.82 Å². The molecule has 0 fully saturated rings. The first kappa shape index (κ1) is 14.0. The highest BCUT2D eigenvalue weighted by atomic mass is 16.5. The molecule has 7 nitrogen and oxygen atoms in total. The maximum Gasteiger partial charge on any atom is 0.281 e. The Balaban J connectivity index is 2.01. The van der Waals surface area contributed by atoms with Gasteiger partial charge in [-0.25, -0.2) is 9.97 Å². The molecule has 0 saturated heterocycles. The van der Waals surface area contributed by atoms with Crippen molar-refractivity contribution in [3.8, 4) is 5.88 Å². The number of nitrogens with zero attached hydrogens (tertiary/aromatic N) is 5. The molecule has 3 aromatic rings. The molecule has 0 aromatic carbocycles. The van der Waals surface area contributed by atoms with Gasteiger partial charge in [0.15, 0.2) is 5.69 Å². The lowest BCUT2D eigenvalue weighted by Crippen LogP contribution is -2.28. The summed E-state index contributed by atoms with van der Waals surface area (Å²) < 4.78 is 6.92. The van der Waals surface area contributed by atoms with Crippen LogP contribution in [0, 0.1) is 6.92 Å². The summed E-state index contributed by atoms with van der Waals surface area (Å²) in [4.78, 5) is 26.7. The van der Waals surface area contributed by atoms with Crippen LogP contribution in [0.2, 0.25) is 0 Å². The van der Waals surface area contributed by atoms with Crippen LogP contribution >= 0.6 is 0 Å². The molecule has 0 bridgehead atoms. The van der Waals surface area contributed by atoms with Crippen molar-refractivity contribution in [2.75, 3.05) is 19.1 Å². The Morgan fingerprint density at radius 1 is 1.27 bits per heavy atom. The minimum Gasteiger partial charge on any atom is -0.481 e. The highest BCUT2D eigenvalue weighted by Crippen LogP contribution is 2.17. The summed E-state index contributed by atoms with van der Waals surface area (Å²) in [6.07, 6.45) is 3.41. The second-order valence-electron chi connectivity index (χ2n) is 4.73. The first-order valence-corrected chi connectivity index (χ1v) is 6.70. The van der Waals surface area contributed by atoms with E-state index in [4.69, 9.17) is 4.74 Å². The second kappa shape index (κ2) is 5.44. The Morgan fingerprint density at radius 3 is 2.86 bits per heavy atom. The highest BCUT2D eigenvalue weighted by molar-refractivity contribution is 6.08. The zero-order valence-electron chi connectivity index (χ0n) is 12.5. The largest absolute Gasteiger partial charge is 0.481 e.